The summed E-state index contributed by atoms with van der Waals surface area (Å²) in [5.41, 5.74) is 0.756. The zero-order valence-corrected chi connectivity index (χ0v) is 11.8. The fraction of sp³-hybridized carbons (Fsp3) is 0.455. The second-order valence-electron chi connectivity index (χ2n) is 3.93. The number of nitriles is 1. The molecule has 3 nitrogen and oxygen atoms in total. The quantitative estimate of drug-likeness (QED) is 0.912. The second-order valence-corrected chi connectivity index (χ2v) is 5.70. The molecule has 16 heavy (non-hydrogen) atoms. The maximum absolute atomic E-state index is 9.12. The van der Waals surface area contributed by atoms with Crippen molar-refractivity contribution in [3.63, 3.8) is 0 Å². The smallest absolute Gasteiger partial charge is 0.139 e. The maximum atomic E-state index is 9.12. The van der Waals surface area contributed by atoms with E-state index >= 15 is 0 Å². The first-order valence-electron chi connectivity index (χ1n) is 5.14. The highest BCUT2D eigenvalue weighted by Crippen LogP contribution is 2.29. The Morgan fingerprint density at radius 1 is 1.56 bits per heavy atom. The lowest BCUT2D eigenvalue weighted by molar-refractivity contribution is 0.581. The molecule has 0 amide bonds. The van der Waals surface area contributed by atoms with Gasteiger partial charge in [-0.25, -0.2) is 0 Å². The number of hydrogen-bond donors (Lipinski definition) is 1. The minimum absolute atomic E-state index is 0.330. The van der Waals surface area contributed by atoms with Crippen LogP contribution in [0, 0.1) is 17.2 Å². The second kappa shape index (κ2) is 5.26. The van der Waals surface area contributed by atoms with E-state index in [2.05, 4.69) is 48.2 Å². The number of rotatable bonds is 4. The van der Waals surface area contributed by atoms with E-state index in [4.69, 9.17) is 5.26 Å². The predicted molar refractivity (Wildman–Crippen MR) is 68.7 cm³/mol. The molecule has 0 aliphatic heterocycles. The zero-order valence-electron chi connectivity index (χ0n) is 8.58. The number of halogens is 2. The van der Waals surface area contributed by atoms with Crippen molar-refractivity contribution in [3.05, 3.63) is 26.9 Å². The van der Waals surface area contributed by atoms with Gasteiger partial charge in [-0.2, -0.15) is 5.26 Å². The van der Waals surface area contributed by atoms with Gasteiger partial charge in [-0.15, -0.1) is 0 Å². The van der Waals surface area contributed by atoms with E-state index in [1.54, 1.807) is 6.20 Å². The Bertz CT molecular complexity index is 424. The molecule has 1 aliphatic carbocycles. The molecule has 1 unspecified atom stereocenters. The molecule has 1 aromatic rings. The third-order valence-corrected chi connectivity index (χ3v) is 3.62. The van der Waals surface area contributed by atoms with Crippen molar-refractivity contribution in [3.8, 4) is 6.07 Å². The Hall–Kier alpha value is -0.440. The van der Waals surface area contributed by atoms with Gasteiger partial charge in [0.25, 0.3) is 0 Å². The summed E-state index contributed by atoms with van der Waals surface area (Å²) >= 11 is 6.77. The van der Waals surface area contributed by atoms with Crippen LogP contribution in [-0.4, -0.2) is 11.5 Å². The average molecular weight is 345 g/mol. The van der Waals surface area contributed by atoms with Crippen molar-refractivity contribution in [1.82, 2.24) is 10.3 Å². The molecule has 2 rings (SSSR count). The molecule has 0 aromatic carbocycles. The SMILES string of the molecule is N#CC(NCC1CC1)c1ncc(Br)cc1Br. The Labute approximate surface area is 112 Å². The van der Waals surface area contributed by atoms with Crippen LogP contribution in [-0.2, 0) is 0 Å². The molecule has 1 aliphatic rings. The third kappa shape index (κ3) is 3.03. The van der Waals surface area contributed by atoms with E-state index in [1.165, 1.54) is 12.8 Å². The summed E-state index contributed by atoms with van der Waals surface area (Å²) in [4.78, 5) is 4.27. The molecule has 0 bridgehead atoms. The number of aromatic nitrogens is 1. The van der Waals surface area contributed by atoms with Crippen molar-refractivity contribution < 1.29 is 0 Å². The molecular weight excluding hydrogens is 334 g/mol. The Morgan fingerprint density at radius 3 is 2.88 bits per heavy atom. The van der Waals surface area contributed by atoms with Gasteiger partial charge in [0, 0.05) is 15.1 Å². The first kappa shape index (κ1) is 12.0. The van der Waals surface area contributed by atoms with Gasteiger partial charge in [0.1, 0.15) is 6.04 Å². The van der Waals surface area contributed by atoms with Gasteiger partial charge < -0.3 is 0 Å². The summed E-state index contributed by atoms with van der Waals surface area (Å²) in [6.45, 7) is 0.905. The molecule has 0 radical (unpaired) electrons. The highest BCUT2D eigenvalue weighted by atomic mass is 79.9. The largest absolute Gasteiger partial charge is 0.297 e. The van der Waals surface area contributed by atoms with Gasteiger partial charge >= 0.3 is 0 Å². The molecule has 1 heterocycles. The van der Waals surface area contributed by atoms with E-state index < -0.39 is 0 Å². The van der Waals surface area contributed by atoms with E-state index in [0.717, 1.165) is 27.1 Å². The van der Waals surface area contributed by atoms with Crippen LogP contribution in [0.1, 0.15) is 24.6 Å². The van der Waals surface area contributed by atoms with E-state index in [1.807, 2.05) is 6.07 Å². The van der Waals surface area contributed by atoms with Crippen LogP contribution in [0.3, 0.4) is 0 Å². The molecule has 0 spiro atoms. The number of nitrogens with zero attached hydrogens (tertiary/aromatic N) is 2. The highest BCUT2D eigenvalue weighted by molar-refractivity contribution is 9.11. The fourth-order valence-electron chi connectivity index (χ4n) is 1.45. The lowest BCUT2D eigenvalue weighted by Gasteiger charge is -2.12. The van der Waals surface area contributed by atoms with Gasteiger partial charge in [0.15, 0.2) is 0 Å². The third-order valence-electron chi connectivity index (χ3n) is 2.55. The van der Waals surface area contributed by atoms with Crippen LogP contribution in [0.4, 0.5) is 0 Å². The Kier molecular flexibility index (Phi) is 3.95. The summed E-state index contributed by atoms with van der Waals surface area (Å²) in [5, 5.41) is 12.4. The van der Waals surface area contributed by atoms with E-state index in [0.29, 0.717) is 0 Å². The lowest BCUT2D eigenvalue weighted by atomic mass is 10.2. The maximum Gasteiger partial charge on any atom is 0.139 e. The van der Waals surface area contributed by atoms with Gasteiger partial charge in [0.05, 0.1) is 11.8 Å². The zero-order chi connectivity index (χ0) is 11.5. The van der Waals surface area contributed by atoms with Crippen molar-refractivity contribution in [1.29, 1.82) is 5.26 Å². The van der Waals surface area contributed by atoms with Gasteiger partial charge in [0.2, 0.25) is 0 Å². The molecule has 1 saturated carbocycles. The first-order valence-corrected chi connectivity index (χ1v) is 6.73. The normalized spacial score (nSPS) is 16.8. The summed E-state index contributed by atoms with van der Waals surface area (Å²) < 4.78 is 1.76. The van der Waals surface area contributed by atoms with Crippen molar-refractivity contribution in [2.24, 2.45) is 5.92 Å². The van der Waals surface area contributed by atoms with Crippen molar-refractivity contribution >= 4 is 31.9 Å². The van der Waals surface area contributed by atoms with E-state index in [-0.39, 0.29) is 6.04 Å². The summed E-state index contributed by atoms with van der Waals surface area (Å²) in [6.07, 6.45) is 4.27. The topological polar surface area (TPSA) is 48.7 Å². The van der Waals surface area contributed by atoms with Crippen LogP contribution < -0.4 is 5.32 Å². The molecular formula is C11H11Br2N3. The molecule has 0 saturated heterocycles. The summed E-state index contributed by atoms with van der Waals surface area (Å²) in [5.74, 6) is 0.755. The highest BCUT2D eigenvalue weighted by Gasteiger charge is 2.23. The van der Waals surface area contributed by atoms with Gasteiger partial charge in [-0.3, -0.25) is 10.3 Å². The monoisotopic (exact) mass is 343 g/mol. The predicted octanol–water partition coefficient (Wildman–Crippen LogP) is 3.17. The molecule has 1 fully saturated rings. The summed E-state index contributed by atoms with van der Waals surface area (Å²) in [6, 6.07) is 3.82. The Morgan fingerprint density at radius 2 is 2.31 bits per heavy atom. The van der Waals surface area contributed by atoms with E-state index in [9.17, 15) is 0 Å². The number of pyridine rings is 1. The standard InChI is InChI=1S/C11H11Br2N3/c12-8-3-9(13)11(16-6-8)10(4-14)15-5-7-1-2-7/h3,6-7,10,15H,1-2,5H2. The van der Waals surface area contributed by atoms with Crippen LogP contribution in [0.2, 0.25) is 0 Å². The number of nitrogens with one attached hydrogen (secondary N) is 1. The average Bonchev–Trinajstić information content (AvgIpc) is 3.05. The molecule has 5 heteroatoms. The van der Waals surface area contributed by atoms with Crippen LogP contribution in [0.5, 0.6) is 0 Å². The first-order chi connectivity index (χ1) is 7.70. The van der Waals surface area contributed by atoms with Crippen LogP contribution in [0.15, 0.2) is 21.2 Å². The lowest BCUT2D eigenvalue weighted by Crippen LogP contribution is -2.23. The van der Waals surface area contributed by atoms with Crippen molar-refractivity contribution in [2.45, 2.75) is 18.9 Å². The van der Waals surface area contributed by atoms with Gasteiger partial charge in [-0.1, -0.05) is 0 Å². The minimum Gasteiger partial charge on any atom is -0.297 e. The summed E-state index contributed by atoms with van der Waals surface area (Å²) in [7, 11) is 0. The van der Waals surface area contributed by atoms with Crippen LogP contribution >= 0.6 is 31.9 Å². The van der Waals surface area contributed by atoms with Gasteiger partial charge in [-0.05, 0) is 63.2 Å². The fourth-order valence-corrected chi connectivity index (χ4v) is 2.66. The molecule has 84 valence electrons. The molecule has 1 atom stereocenters. The van der Waals surface area contributed by atoms with Crippen LogP contribution in [0.25, 0.3) is 0 Å². The Balaban J connectivity index is 2.09. The van der Waals surface area contributed by atoms with Crippen molar-refractivity contribution in [2.75, 3.05) is 6.54 Å². The minimum atomic E-state index is -0.330. The number of hydrogen-bond acceptors (Lipinski definition) is 3. The molecule has 1 aromatic heterocycles. The molecule has 1 N–H and O–H groups in total.